The number of amides is 1. The highest BCUT2D eigenvalue weighted by molar-refractivity contribution is 5.90. The molecule has 0 fully saturated rings. The van der Waals surface area contributed by atoms with Crippen molar-refractivity contribution in [1.82, 2.24) is 0 Å². The molecular weight excluding hydrogens is 274 g/mol. The van der Waals surface area contributed by atoms with E-state index in [1.807, 2.05) is 33.8 Å². The van der Waals surface area contributed by atoms with Gasteiger partial charge in [-0.15, -0.1) is 0 Å². The lowest BCUT2D eigenvalue weighted by Gasteiger charge is -2.09. The Bertz CT molecular complexity index is 506. The first-order valence-electron chi connectivity index (χ1n) is 8.35. The second kappa shape index (κ2) is 9.39. The Balaban J connectivity index is 2.42. The van der Waals surface area contributed by atoms with Crippen molar-refractivity contribution in [3.05, 3.63) is 29.3 Å². The Morgan fingerprint density at radius 2 is 1.82 bits per heavy atom. The van der Waals surface area contributed by atoms with Crippen LogP contribution in [0.2, 0.25) is 0 Å². The van der Waals surface area contributed by atoms with Crippen molar-refractivity contribution < 1.29 is 9.59 Å². The first kappa shape index (κ1) is 18.4. The van der Waals surface area contributed by atoms with Crippen molar-refractivity contribution >= 4 is 17.4 Å². The molecule has 122 valence electrons. The zero-order valence-electron chi connectivity index (χ0n) is 14.4. The average Bonchev–Trinajstić information content (AvgIpc) is 2.45. The number of unbranched alkanes of at least 4 members (excludes halogenated alkanes) is 2. The van der Waals surface area contributed by atoms with E-state index in [0.717, 1.165) is 31.4 Å². The molecule has 0 saturated carbocycles. The minimum atomic E-state index is 0.0451. The van der Waals surface area contributed by atoms with Crippen LogP contribution in [0, 0.1) is 12.8 Å². The zero-order chi connectivity index (χ0) is 16.5. The molecule has 1 aromatic carbocycles. The number of hydrogen-bond donors (Lipinski definition) is 1. The lowest BCUT2D eigenvalue weighted by Crippen LogP contribution is -2.09. The van der Waals surface area contributed by atoms with Gasteiger partial charge in [0.25, 0.3) is 0 Å². The van der Waals surface area contributed by atoms with Gasteiger partial charge in [-0.1, -0.05) is 33.3 Å². The van der Waals surface area contributed by atoms with Gasteiger partial charge >= 0.3 is 0 Å². The first-order chi connectivity index (χ1) is 10.4. The molecule has 1 N–H and O–H groups in total. The third-order valence-corrected chi connectivity index (χ3v) is 3.77. The van der Waals surface area contributed by atoms with Gasteiger partial charge in [0, 0.05) is 24.4 Å². The SMILES string of the molecule is CCC(=O)Nc1cc(C)cc(CCCCCC(=O)C(C)C)c1. The number of aryl methyl sites for hydroxylation is 2. The number of carbonyl (C=O) groups excluding carboxylic acids is 2. The van der Waals surface area contributed by atoms with E-state index in [9.17, 15) is 9.59 Å². The highest BCUT2D eigenvalue weighted by atomic mass is 16.1. The minimum Gasteiger partial charge on any atom is -0.326 e. The molecule has 0 aliphatic heterocycles. The van der Waals surface area contributed by atoms with Crippen molar-refractivity contribution in [3.8, 4) is 0 Å². The fraction of sp³-hybridized carbons (Fsp3) is 0.579. The monoisotopic (exact) mass is 303 g/mol. The summed E-state index contributed by atoms with van der Waals surface area (Å²) in [7, 11) is 0. The molecule has 0 radical (unpaired) electrons. The fourth-order valence-electron chi connectivity index (χ4n) is 2.42. The first-order valence-corrected chi connectivity index (χ1v) is 8.35. The quantitative estimate of drug-likeness (QED) is 0.674. The standard InChI is InChI=1S/C19H29NO2/c1-5-19(22)20-17-12-15(4)11-16(13-17)9-7-6-8-10-18(21)14(2)3/h11-14H,5-10H2,1-4H3,(H,20,22). The molecule has 0 aromatic heterocycles. The Hall–Kier alpha value is -1.64. The molecule has 0 atom stereocenters. The Labute approximate surface area is 134 Å². The maximum atomic E-state index is 11.6. The van der Waals surface area contributed by atoms with Crippen LogP contribution < -0.4 is 5.32 Å². The summed E-state index contributed by atoms with van der Waals surface area (Å²) in [5, 5.41) is 2.92. The molecule has 0 saturated heterocycles. The number of Topliss-reactive ketones (excluding diaryl/α,β-unsaturated/α-hetero) is 1. The van der Waals surface area contributed by atoms with Crippen molar-refractivity contribution in [2.75, 3.05) is 5.32 Å². The highest BCUT2D eigenvalue weighted by Gasteiger charge is 2.06. The maximum Gasteiger partial charge on any atom is 0.224 e. The molecule has 0 aliphatic carbocycles. The van der Waals surface area contributed by atoms with Gasteiger partial charge in [-0.25, -0.2) is 0 Å². The third-order valence-electron chi connectivity index (χ3n) is 3.77. The molecule has 22 heavy (non-hydrogen) atoms. The Kier molecular flexibility index (Phi) is 7.86. The normalized spacial score (nSPS) is 10.8. The highest BCUT2D eigenvalue weighted by Crippen LogP contribution is 2.17. The molecule has 1 aromatic rings. The molecule has 3 nitrogen and oxygen atoms in total. The summed E-state index contributed by atoms with van der Waals surface area (Å²) in [6, 6.07) is 6.22. The van der Waals surface area contributed by atoms with Crippen LogP contribution in [-0.2, 0) is 16.0 Å². The predicted molar refractivity (Wildman–Crippen MR) is 92.1 cm³/mol. The van der Waals surface area contributed by atoms with Crippen LogP contribution in [0.15, 0.2) is 18.2 Å². The number of carbonyl (C=O) groups is 2. The number of anilines is 1. The van der Waals surface area contributed by atoms with E-state index in [2.05, 4.69) is 17.4 Å². The maximum absolute atomic E-state index is 11.6. The molecule has 3 heteroatoms. The summed E-state index contributed by atoms with van der Waals surface area (Å²) in [4.78, 5) is 23.0. The van der Waals surface area contributed by atoms with Crippen molar-refractivity contribution in [2.24, 2.45) is 5.92 Å². The van der Waals surface area contributed by atoms with E-state index in [4.69, 9.17) is 0 Å². The van der Waals surface area contributed by atoms with E-state index in [1.54, 1.807) is 0 Å². The van der Waals surface area contributed by atoms with Crippen molar-refractivity contribution in [1.29, 1.82) is 0 Å². The second-order valence-corrected chi connectivity index (χ2v) is 6.29. The molecule has 0 spiro atoms. The summed E-state index contributed by atoms with van der Waals surface area (Å²) in [5.74, 6) is 0.561. The van der Waals surface area contributed by atoms with Crippen molar-refractivity contribution in [3.63, 3.8) is 0 Å². The van der Waals surface area contributed by atoms with E-state index >= 15 is 0 Å². The number of hydrogen-bond acceptors (Lipinski definition) is 2. The number of benzene rings is 1. The number of nitrogens with one attached hydrogen (secondary N) is 1. The fourth-order valence-corrected chi connectivity index (χ4v) is 2.42. The van der Waals surface area contributed by atoms with E-state index < -0.39 is 0 Å². The molecule has 1 amide bonds. The zero-order valence-corrected chi connectivity index (χ0v) is 14.4. The minimum absolute atomic E-state index is 0.0451. The van der Waals surface area contributed by atoms with Crippen LogP contribution in [-0.4, -0.2) is 11.7 Å². The summed E-state index contributed by atoms with van der Waals surface area (Å²) >= 11 is 0. The Morgan fingerprint density at radius 3 is 2.45 bits per heavy atom. The van der Waals surface area contributed by atoms with Crippen LogP contribution in [0.3, 0.4) is 0 Å². The lowest BCUT2D eigenvalue weighted by atomic mass is 10.00. The summed E-state index contributed by atoms with van der Waals surface area (Å²) in [6.07, 6.45) is 5.31. The van der Waals surface area contributed by atoms with Gasteiger partial charge in [0.2, 0.25) is 5.91 Å². The average molecular weight is 303 g/mol. The van der Waals surface area contributed by atoms with Crippen LogP contribution in [0.25, 0.3) is 0 Å². The summed E-state index contributed by atoms with van der Waals surface area (Å²) < 4.78 is 0. The molecule has 0 aliphatic rings. The van der Waals surface area contributed by atoms with E-state index in [1.165, 1.54) is 11.1 Å². The van der Waals surface area contributed by atoms with Gasteiger partial charge in [-0.3, -0.25) is 9.59 Å². The van der Waals surface area contributed by atoms with Crippen LogP contribution in [0.4, 0.5) is 5.69 Å². The lowest BCUT2D eigenvalue weighted by molar-refractivity contribution is -0.122. The molecule has 1 rings (SSSR count). The second-order valence-electron chi connectivity index (χ2n) is 6.29. The van der Waals surface area contributed by atoms with E-state index in [0.29, 0.717) is 18.6 Å². The summed E-state index contributed by atoms with van der Waals surface area (Å²) in [5.41, 5.74) is 3.30. The van der Waals surface area contributed by atoms with Gasteiger partial charge in [0.1, 0.15) is 5.78 Å². The van der Waals surface area contributed by atoms with E-state index in [-0.39, 0.29) is 11.8 Å². The smallest absolute Gasteiger partial charge is 0.224 e. The van der Waals surface area contributed by atoms with Gasteiger partial charge in [0.15, 0.2) is 0 Å². The molecule has 0 bridgehead atoms. The van der Waals surface area contributed by atoms with Crippen LogP contribution >= 0.6 is 0 Å². The largest absolute Gasteiger partial charge is 0.326 e. The number of rotatable bonds is 9. The van der Waals surface area contributed by atoms with Gasteiger partial charge in [0.05, 0.1) is 0 Å². The van der Waals surface area contributed by atoms with Crippen molar-refractivity contribution in [2.45, 2.75) is 66.2 Å². The molecule has 0 unspecified atom stereocenters. The van der Waals surface area contributed by atoms with Gasteiger partial charge < -0.3 is 5.32 Å². The molecular formula is C19H29NO2. The van der Waals surface area contributed by atoms with Crippen LogP contribution in [0.5, 0.6) is 0 Å². The van der Waals surface area contributed by atoms with Gasteiger partial charge in [-0.05, 0) is 49.4 Å². The topological polar surface area (TPSA) is 46.2 Å². The number of ketones is 1. The summed E-state index contributed by atoms with van der Waals surface area (Å²) in [6.45, 7) is 7.82. The van der Waals surface area contributed by atoms with Crippen LogP contribution in [0.1, 0.15) is 64.0 Å². The third kappa shape index (κ3) is 6.88. The molecule has 0 heterocycles. The predicted octanol–water partition coefficient (Wildman–Crippen LogP) is 4.67. The van der Waals surface area contributed by atoms with Gasteiger partial charge in [-0.2, -0.15) is 0 Å². The Morgan fingerprint density at radius 1 is 1.09 bits per heavy atom.